The van der Waals surface area contributed by atoms with Crippen molar-refractivity contribution in [3.05, 3.63) is 45.9 Å². The average Bonchev–Trinajstić information content (AvgIpc) is 3.68. The monoisotopic (exact) mass is 827 g/mol. The van der Waals surface area contributed by atoms with Gasteiger partial charge in [-0.25, -0.2) is 4.98 Å². The highest BCUT2D eigenvalue weighted by Crippen LogP contribution is 2.31. The van der Waals surface area contributed by atoms with Crippen LogP contribution in [0.3, 0.4) is 0 Å². The number of amides is 5. The Morgan fingerprint density at radius 2 is 1.74 bits per heavy atom. The molecule has 0 spiro atoms. The molecule has 7 atom stereocenters. The first-order valence-corrected chi connectivity index (χ1v) is 20.8. The van der Waals surface area contributed by atoms with Gasteiger partial charge >= 0.3 is 11.9 Å². The molecule has 1 aromatic heterocycles. The number of likely N-dealkylation sites (N-methyl/N-ethyl adjacent to an activating group) is 2. The van der Waals surface area contributed by atoms with Crippen LogP contribution in [-0.2, 0) is 39.9 Å². The Bertz CT molecular complexity index is 1720. The summed E-state index contributed by atoms with van der Waals surface area (Å²) in [6.45, 7) is 11.3. The molecular formula is C41H61N7O9S. The van der Waals surface area contributed by atoms with Crippen molar-refractivity contribution in [2.24, 2.45) is 17.8 Å². The Kier molecular flexibility index (Phi) is 18.7. The van der Waals surface area contributed by atoms with E-state index < -0.39 is 53.9 Å². The van der Waals surface area contributed by atoms with Crippen LogP contribution in [0.25, 0.3) is 0 Å². The number of nitrogens with zero attached hydrogens (tertiary/aromatic N) is 3. The lowest BCUT2D eigenvalue weighted by Gasteiger charge is -2.38. The van der Waals surface area contributed by atoms with Crippen LogP contribution < -0.4 is 21.3 Å². The Morgan fingerprint density at radius 1 is 1.05 bits per heavy atom. The predicted octanol–water partition coefficient (Wildman–Crippen LogP) is 3.77. The summed E-state index contributed by atoms with van der Waals surface area (Å²) in [5.74, 6) is -3.93. The van der Waals surface area contributed by atoms with Gasteiger partial charge in [-0.3, -0.25) is 38.5 Å². The average molecular weight is 828 g/mol. The fourth-order valence-corrected chi connectivity index (χ4v) is 7.93. The number of anilines is 1. The molecule has 5 N–H and O–H groups in total. The van der Waals surface area contributed by atoms with Crippen molar-refractivity contribution in [1.82, 2.24) is 30.7 Å². The van der Waals surface area contributed by atoms with E-state index in [2.05, 4.69) is 26.3 Å². The molecule has 3 rings (SSSR count). The van der Waals surface area contributed by atoms with E-state index in [1.807, 2.05) is 39.6 Å². The molecule has 1 saturated heterocycles. The first-order chi connectivity index (χ1) is 27.4. The smallest absolute Gasteiger partial charge is 0.306 e. The number of benzene rings is 1. The summed E-state index contributed by atoms with van der Waals surface area (Å²) in [7, 11) is 3.62. The SMILES string of the molecule is CC[C@H](C)[C@H](NC(=O)[C@H]1CCCCN1C)C(=O)N(C)[C@H](C[C@@H](OC(C)=O)c1nc(C(=O)N[C@@H](Cc2ccc(NC(=O)CNC=O)cc2)CC(C)C(=O)O)cs1)C(C)C. The summed E-state index contributed by atoms with van der Waals surface area (Å²) in [4.78, 5) is 96.2. The van der Waals surface area contributed by atoms with E-state index in [9.17, 15) is 38.7 Å². The van der Waals surface area contributed by atoms with Crippen molar-refractivity contribution in [3.63, 3.8) is 0 Å². The van der Waals surface area contributed by atoms with Gasteiger partial charge in [0.15, 0.2) is 6.10 Å². The molecule has 1 fully saturated rings. The molecule has 0 radical (unpaired) electrons. The molecule has 0 bridgehead atoms. The van der Waals surface area contributed by atoms with E-state index in [0.29, 0.717) is 23.5 Å². The number of carbonyl (C=O) groups excluding carboxylic acids is 6. The minimum atomic E-state index is -1.01. The van der Waals surface area contributed by atoms with E-state index >= 15 is 0 Å². The predicted molar refractivity (Wildman–Crippen MR) is 220 cm³/mol. The third kappa shape index (κ3) is 14.2. The minimum Gasteiger partial charge on any atom is -0.481 e. The maximum absolute atomic E-state index is 14.2. The number of ether oxygens (including phenoxy) is 1. The van der Waals surface area contributed by atoms with Gasteiger partial charge in [0.05, 0.1) is 18.5 Å². The lowest BCUT2D eigenvalue weighted by Crippen LogP contribution is -2.58. The standard InChI is InChI=1S/C41H61N7O9S/c1-9-25(4)36(46-38(53)32-12-10-11-17-47(32)7)40(54)48(8)33(24(2)3)20-34(57-27(6)50)39-45-31(22-58-39)37(52)44-30(18-26(5)41(55)56)19-28-13-15-29(16-14-28)43-35(51)21-42-23-49/h13-16,22-26,30,32-34,36H,9-12,17-21H2,1-8H3,(H,42,49)(H,43,51)(H,44,52)(H,46,53)(H,55,56)/t25-,26?,30+,32+,33+,34+,36-/m0/s1. The molecule has 1 aliphatic heterocycles. The lowest BCUT2D eigenvalue weighted by atomic mass is 9.92. The van der Waals surface area contributed by atoms with E-state index in [-0.39, 0.29) is 61.2 Å². The second-order valence-corrected chi connectivity index (χ2v) is 16.5. The zero-order valence-electron chi connectivity index (χ0n) is 34.9. The Hall–Kier alpha value is -4.90. The van der Waals surface area contributed by atoms with Crippen LogP contribution >= 0.6 is 11.3 Å². The van der Waals surface area contributed by atoms with Crippen LogP contribution in [0.5, 0.6) is 0 Å². The first-order valence-electron chi connectivity index (χ1n) is 19.9. The first kappa shape index (κ1) is 47.5. The van der Waals surface area contributed by atoms with Crippen molar-refractivity contribution in [1.29, 1.82) is 0 Å². The summed E-state index contributed by atoms with van der Waals surface area (Å²) in [5, 5.41) is 22.5. The number of piperidine rings is 1. The number of aliphatic carboxylic acids is 1. The zero-order valence-corrected chi connectivity index (χ0v) is 35.7. The van der Waals surface area contributed by atoms with Crippen molar-refractivity contribution < 1.29 is 43.4 Å². The number of aromatic nitrogens is 1. The zero-order chi connectivity index (χ0) is 43.1. The minimum absolute atomic E-state index is 0.0601. The third-order valence-electron chi connectivity index (χ3n) is 10.7. The van der Waals surface area contributed by atoms with Gasteiger partial charge in [-0.2, -0.15) is 0 Å². The van der Waals surface area contributed by atoms with E-state index in [0.717, 1.165) is 42.7 Å². The molecule has 5 amide bonds. The molecule has 0 aliphatic carbocycles. The third-order valence-corrected chi connectivity index (χ3v) is 11.7. The van der Waals surface area contributed by atoms with Crippen LogP contribution in [0.1, 0.15) is 107 Å². The number of thiazole rings is 1. The second kappa shape index (κ2) is 22.9. The molecule has 1 aromatic carbocycles. The van der Waals surface area contributed by atoms with Gasteiger partial charge in [-0.15, -0.1) is 11.3 Å². The molecule has 1 aliphatic rings. The number of hydrogen-bond donors (Lipinski definition) is 5. The van der Waals surface area contributed by atoms with Crippen molar-refractivity contribution in [2.75, 3.05) is 32.5 Å². The van der Waals surface area contributed by atoms with Crippen LogP contribution in [0.15, 0.2) is 29.6 Å². The topological polar surface area (TPSA) is 216 Å². The summed E-state index contributed by atoms with van der Waals surface area (Å²) in [6.07, 6.45) is 3.49. The normalized spacial score (nSPS) is 17.4. The molecular weight excluding hydrogens is 767 g/mol. The molecule has 1 unspecified atom stereocenters. The van der Waals surface area contributed by atoms with Crippen molar-refractivity contribution >= 4 is 59.0 Å². The molecule has 0 saturated carbocycles. The molecule has 2 heterocycles. The largest absolute Gasteiger partial charge is 0.481 e. The highest BCUT2D eigenvalue weighted by Gasteiger charge is 2.37. The van der Waals surface area contributed by atoms with E-state index in [4.69, 9.17) is 4.74 Å². The van der Waals surface area contributed by atoms with Gasteiger partial charge in [-0.1, -0.05) is 59.6 Å². The number of likely N-dealkylation sites (tertiary alicyclic amines) is 1. The lowest BCUT2D eigenvalue weighted by molar-refractivity contribution is -0.149. The number of esters is 1. The molecule has 320 valence electrons. The van der Waals surface area contributed by atoms with Crippen molar-refractivity contribution in [3.8, 4) is 0 Å². The summed E-state index contributed by atoms with van der Waals surface area (Å²) in [5.41, 5.74) is 1.33. The van der Waals surface area contributed by atoms with Gasteiger partial charge in [0.2, 0.25) is 24.1 Å². The summed E-state index contributed by atoms with van der Waals surface area (Å²) >= 11 is 1.14. The highest BCUT2D eigenvalue weighted by molar-refractivity contribution is 7.09. The Labute approximate surface area is 345 Å². The quantitative estimate of drug-likeness (QED) is 0.0851. The number of nitrogens with one attached hydrogen (secondary N) is 4. The van der Waals surface area contributed by atoms with Crippen molar-refractivity contribution in [2.45, 2.75) is 117 Å². The maximum Gasteiger partial charge on any atom is 0.306 e. The molecule has 17 heteroatoms. The van der Waals surface area contributed by atoms with Gasteiger partial charge in [0, 0.05) is 43.5 Å². The van der Waals surface area contributed by atoms with Crippen LogP contribution in [0.4, 0.5) is 5.69 Å². The number of rotatable bonds is 22. The van der Waals surface area contributed by atoms with Crippen LogP contribution in [0, 0.1) is 17.8 Å². The number of hydrogen-bond acceptors (Lipinski definition) is 11. The molecule has 2 aromatic rings. The fraction of sp³-hybridized carbons (Fsp3) is 0.610. The van der Waals surface area contributed by atoms with Gasteiger partial charge in [0.1, 0.15) is 16.7 Å². The summed E-state index contributed by atoms with van der Waals surface area (Å²) in [6, 6.07) is 4.74. The van der Waals surface area contributed by atoms with Crippen LogP contribution in [-0.4, -0.2) is 113 Å². The Balaban J connectivity index is 1.80. The molecule has 16 nitrogen and oxygen atoms in total. The number of carboxylic acid groups (broad SMARTS) is 1. The van der Waals surface area contributed by atoms with Gasteiger partial charge < -0.3 is 36.0 Å². The highest BCUT2D eigenvalue weighted by atomic mass is 32.1. The molecule has 58 heavy (non-hydrogen) atoms. The number of carboxylic acids is 1. The van der Waals surface area contributed by atoms with Gasteiger partial charge in [0.25, 0.3) is 5.91 Å². The summed E-state index contributed by atoms with van der Waals surface area (Å²) < 4.78 is 5.77. The van der Waals surface area contributed by atoms with Gasteiger partial charge in [-0.05, 0) is 68.8 Å². The van der Waals surface area contributed by atoms with E-state index in [1.54, 1.807) is 48.5 Å². The second-order valence-electron chi connectivity index (χ2n) is 15.6. The van der Waals surface area contributed by atoms with Crippen LogP contribution in [0.2, 0.25) is 0 Å². The number of carbonyl (C=O) groups is 7. The fourth-order valence-electron chi connectivity index (χ4n) is 7.09. The Morgan fingerprint density at radius 3 is 2.33 bits per heavy atom. The van der Waals surface area contributed by atoms with E-state index in [1.165, 1.54) is 6.92 Å². The maximum atomic E-state index is 14.2.